The van der Waals surface area contributed by atoms with Crippen molar-refractivity contribution in [2.45, 2.75) is 0 Å². The molecule has 286 valence electrons. The first-order valence-electron chi connectivity index (χ1n) is 20.8. The number of thiophene rings is 1. The Labute approximate surface area is 358 Å². The first-order chi connectivity index (χ1) is 30.3. The maximum absolute atomic E-state index is 2.38. The molecule has 2 aromatic heterocycles. The van der Waals surface area contributed by atoms with E-state index in [0.717, 1.165) is 22.7 Å². The molecule has 0 aliphatic carbocycles. The lowest BCUT2D eigenvalue weighted by Gasteiger charge is -2.26. The molecule has 0 radical (unpaired) electrons. The van der Waals surface area contributed by atoms with Gasteiger partial charge >= 0.3 is 0 Å². The van der Waals surface area contributed by atoms with Gasteiger partial charge in [0.25, 0.3) is 0 Å². The third kappa shape index (κ3) is 5.93. The zero-order chi connectivity index (χ0) is 40.3. The molecular formula is C58H38N2S. The summed E-state index contributed by atoms with van der Waals surface area (Å²) in [5.74, 6) is 0. The van der Waals surface area contributed by atoms with Crippen molar-refractivity contribution >= 4 is 81.1 Å². The molecule has 0 N–H and O–H groups in total. The molecule has 0 bridgehead atoms. The maximum atomic E-state index is 2.38. The van der Waals surface area contributed by atoms with Gasteiger partial charge in [0.1, 0.15) is 0 Å². The van der Waals surface area contributed by atoms with Crippen LogP contribution in [0.3, 0.4) is 0 Å². The van der Waals surface area contributed by atoms with Crippen molar-refractivity contribution in [3.8, 4) is 39.1 Å². The van der Waals surface area contributed by atoms with Crippen LogP contribution in [-0.2, 0) is 0 Å². The van der Waals surface area contributed by atoms with Gasteiger partial charge in [-0.05, 0) is 111 Å². The minimum atomic E-state index is 1.09. The van der Waals surface area contributed by atoms with E-state index in [4.69, 9.17) is 0 Å². The molecule has 2 heterocycles. The minimum absolute atomic E-state index is 1.09. The van der Waals surface area contributed by atoms with Gasteiger partial charge in [-0.25, -0.2) is 0 Å². The summed E-state index contributed by atoms with van der Waals surface area (Å²) in [7, 11) is 0. The molecule has 0 amide bonds. The SMILES string of the molecule is c1ccc(-c2cccc3cccc(-c4ccc(N(c5ccc(-c6cccc7c6sc6ccccc67)cc5)c5ccc(-n6c7ccccc7c7ccccc76)cc5)cc4)c23)cc1. The number of benzene rings is 10. The van der Waals surface area contributed by atoms with Gasteiger partial charge in [0.05, 0.1) is 11.0 Å². The van der Waals surface area contributed by atoms with Crippen LogP contribution in [0.2, 0.25) is 0 Å². The summed E-state index contributed by atoms with van der Waals surface area (Å²) in [6.07, 6.45) is 0. The van der Waals surface area contributed by atoms with E-state index in [1.165, 1.54) is 86.1 Å². The molecule has 12 rings (SSSR count). The maximum Gasteiger partial charge on any atom is 0.0541 e. The van der Waals surface area contributed by atoms with Crippen molar-refractivity contribution < 1.29 is 0 Å². The van der Waals surface area contributed by atoms with E-state index >= 15 is 0 Å². The molecule has 61 heavy (non-hydrogen) atoms. The summed E-state index contributed by atoms with van der Waals surface area (Å²) in [6.45, 7) is 0. The van der Waals surface area contributed by atoms with Gasteiger partial charge in [-0.2, -0.15) is 0 Å². The topological polar surface area (TPSA) is 8.17 Å². The van der Waals surface area contributed by atoms with Gasteiger partial charge < -0.3 is 9.47 Å². The Morgan fingerprint density at radius 2 is 0.787 bits per heavy atom. The Morgan fingerprint density at radius 3 is 1.41 bits per heavy atom. The summed E-state index contributed by atoms with van der Waals surface area (Å²) in [5.41, 5.74) is 14.2. The monoisotopic (exact) mass is 794 g/mol. The second-order valence-corrected chi connectivity index (χ2v) is 16.7. The molecule has 0 aliphatic heterocycles. The summed E-state index contributed by atoms with van der Waals surface area (Å²) in [4.78, 5) is 2.38. The fraction of sp³-hybridized carbons (Fsp3) is 0. The van der Waals surface area contributed by atoms with Crippen molar-refractivity contribution in [2.75, 3.05) is 4.90 Å². The average Bonchev–Trinajstić information content (AvgIpc) is 3.89. The molecule has 0 saturated heterocycles. The minimum Gasteiger partial charge on any atom is -0.311 e. The number of hydrogen-bond donors (Lipinski definition) is 0. The van der Waals surface area contributed by atoms with E-state index in [0.29, 0.717) is 0 Å². The van der Waals surface area contributed by atoms with E-state index in [1.54, 1.807) is 0 Å². The molecule has 0 unspecified atom stereocenters. The first kappa shape index (κ1) is 35.2. The first-order valence-corrected chi connectivity index (χ1v) is 21.7. The van der Waals surface area contributed by atoms with Gasteiger partial charge in [0.2, 0.25) is 0 Å². The summed E-state index contributed by atoms with van der Waals surface area (Å²) < 4.78 is 5.03. The van der Waals surface area contributed by atoms with E-state index in [2.05, 4.69) is 240 Å². The molecule has 10 aromatic carbocycles. The van der Waals surface area contributed by atoms with E-state index in [-0.39, 0.29) is 0 Å². The Kier molecular flexibility index (Phi) is 8.39. The summed E-state index contributed by atoms with van der Waals surface area (Å²) in [6, 6.07) is 84.0. The van der Waals surface area contributed by atoms with Crippen LogP contribution in [0.25, 0.3) is 91.8 Å². The number of nitrogens with zero attached hydrogens (tertiary/aromatic N) is 2. The van der Waals surface area contributed by atoms with Gasteiger partial charge in [-0.1, -0.05) is 164 Å². The zero-order valence-electron chi connectivity index (χ0n) is 33.2. The van der Waals surface area contributed by atoms with Crippen LogP contribution in [-0.4, -0.2) is 4.57 Å². The molecule has 0 spiro atoms. The van der Waals surface area contributed by atoms with Crippen LogP contribution in [0, 0.1) is 0 Å². The molecule has 12 aromatic rings. The molecule has 0 saturated carbocycles. The third-order valence-electron chi connectivity index (χ3n) is 12.2. The summed E-state index contributed by atoms with van der Waals surface area (Å²) in [5, 5.41) is 7.66. The fourth-order valence-electron chi connectivity index (χ4n) is 9.39. The van der Waals surface area contributed by atoms with E-state index < -0.39 is 0 Å². The highest BCUT2D eigenvalue weighted by atomic mass is 32.1. The third-order valence-corrected chi connectivity index (χ3v) is 13.4. The fourth-order valence-corrected chi connectivity index (χ4v) is 10.6. The van der Waals surface area contributed by atoms with Gasteiger partial charge in [0, 0.05) is 53.7 Å². The number of rotatable bonds is 7. The molecule has 2 nitrogen and oxygen atoms in total. The number of para-hydroxylation sites is 2. The summed E-state index contributed by atoms with van der Waals surface area (Å²) >= 11 is 1.88. The molecule has 0 aliphatic rings. The molecule has 0 atom stereocenters. The molecule has 3 heteroatoms. The quantitative estimate of drug-likeness (QED) is 0.156. The van der Waals surface area contributed by atoms with Crippen LogP contribution in [0.5, 0.6) is 0 Å². The van der Waals surface area contributed by atoms with Crippen LogP contribution in [0.4, 0.5) is 17.1 Å². The average molecular weight is 795 g/mol. The van der Waals surface area contributed by atoms with Gasteiger partial charge in [0.15, 0.2) is 0 Å². The lowest BCUT2D eigenvalue weighted by atomic mass is 9.91. The Morgan fingerprint density at radius 1 is 0.328 bits per heavy atom. The highest BCUT2D eigenvalue weighted by molar-refractivity contribution is 7.26. The highest BCUT2D eigenvalue weighted by Gasteiger charge is 2.18. The Hall–Kier alpha value is -7.72. The lowest BCUT2D eigenvalue weighted by molar-refractivity contribution is 1.17. The predicted octanol–water partition coefficient (Wildman–Crippen LogP) is 16.8. The molecule has 0 fully saturated rings. The van der Waals surface area contributed by atoms with Crippen LogP contribution >= 0.6 is 11.3 Å². The van der Waals surface area contributed by atoms with Gasteiger partial charge in [-0.3, -0.25) is 0 Å². The van der Waals surface area contributed by atoms with Crippen molar-refractivity contribution in [3.05, 3.63) is 231 Å². The Bertz CT molecular complexity index is 3500. The number of hydrogen-bond acceptors (Lipinski definition) is 2. The van der Waals surface area contributed by atoms with Crippen LogP contribution < -0.4 is 4.90 Å². The van der Waals surface area contributed by atoms with Crippen molar-refractivity contribution in [2.24, 2.45) is 0 Å². The second kappa shape index (κ2) is 14.5. The van der Waals surface area contributed by atoms with Crippen LogP contribution in [0.15, 0.2) is 231 Å². The van der Waals surface area contributed by atoms with E-state index in [9.17, 15) is 0 Å². The largest absolute Gasteiger partial charge is 0.311 e. The number of anilines is 3. The van der Waals surface area contributed by atoms with Crippen molar-refractivity contribution in [1.29, 1.82) is 0 Å². The molecular weight excluding hydrogens is 757 g/mol. The highest BCUT2D eigenvalue weighted by Crippen LogP contribution is 2.43. The van der Waals surface area contributed by atoms with Crippen molar-refractivity contribution in [1.82, 2.24) is 4.57 Å². The standard InChI is InChI=1S/C58H38N2S/c1-2-13-39(14-3-1)47-20-10-15-42-16-11-21-48(57(42)47)40-27-31-43(32-28-40)59(44-33-29-41(30-34-44)49-22-12-23-53-52-19-6-9-26-56(52)61-58(49)53)45-35-37-46(38-36-45)60-54-24-7-4-17-50(54)51-18-5-8-25-55(51)60/h1-38H. The zero-order valence-corrected chi connectivity index (χ0v) is 34.1. The Balaban J connectivity index is 0.974. The lowest BCUT2D eigenvalue weighted by Crippen LogP contribution is -2.10. The van der Waals surface area contributed by atoms with Crippen LogP contribution in [0.1, 0.15) is 0 Å². The smallest absolute Gasteiger partial charge is 0.0541 e. The van der Waals surface area contributed by atoms with Crippen molar-refractivity contribution in [3.63, 3.8) is 0 Å². The normalized spacial score (nSPS) is 11.6. The number of fused-ring (bicyclic) bond motifs is 7. The van der Waals surface area contributed by atoms with Gasteiger partial charge in [-0.15, -0.1) is 11.3 Å². The number of aromatic nitrogens is 1. The van der Waals surface area contributed by atoms with E-state index in [1.807, 2.05) is 11.3 Å². The second-order valence-electron chi connectivity index (χ2n) is 15.7. The predicted molar refractivity (Wildman–Crippen MR) is 262 cm³/mol.